The van der Waals surface area contributed by atoms with Gasteiger partial charge >= 0.3 is 11.6 Å². The van der Waals surface area contributed by atoms with Crippen molar-refractivity contribution >= 4 is 28.9 Å². The Hall–Kier alpha value is -2.13. The van der Waals surface area contributed by atoms with Gasteiger partial charge in [-0.25, -0.2) is 4.79 Å². The van der Waals surface area contributed by atoms with Gasteiger partial charge in [-0.2, -0.15) is 4.98 Å². The van der Waals surface area contributed by atoms with Gasteiger partial charge < -0.3 is 13.4 Å². The number of hydrogen-bond donors (Lipinski definition) is 1. The highest BCUT2D eigenvalue weighted by Gasteiger charge is 2.22. The van der Waals surface area contributed by atoms with E-state index in [1.807, 2.05) is 6.92 Å². The molecule has 0 saturated heterocycles. The molecule has 0 amide bonds. The van der Waals surface area contributed by atoms with Crippen molar-refractivity contribution in [1.29, 1.82) is 0 Å². The minimum absolute atomic E-state index is 0.0242. The number of aromatic nitrogens is 2. The van der Waals surface area contributed by atoms with Crippen LogP contribution in [0.15, 0.2) is 25.2 Å². The van der Waals surface area contributed by atoms with E-state index >= 15 is 0 Å². The monoisotopic (exact) mass is 435 g/mol. The van der Waals surface area contributed by atoms with Crippen LogP contribution in [0.5, 0.6) is 6.01 Å². The first-order valence-corrected chi connectivity index (χ1v) is 11.1. The Morgan fingerprint density at radius 1 is 1.30 bits per heavy atom. The van der Waals surface area contributed by atoms with Crippen LogP contribution in [-0.2, 0) is 10.6 Å². The highest BCUT2D eigenvalue weighted by Crippen LogP contribution is 2.30. The maximum atomic E-state index is 12.5. The lowest BCUT2D eigenvalue weighted by molar-refractivity contribution is 0.207. The fourth-order valence-electron chi connectivity index (χ4n) is 3.17. The fourth-order valence-corrected chi connectivity index (χ4v) is 3.79. The molecule has 9 heteroatoms. The normalized spacial score (nSPS) is 17.3. The van der Waals surface area contributed by atoms with Gasteiger partial charge in [0.05, 0.1) is 11.8 Å². The molecule has 1 fully saturated rings. The summed E-state index contributed by atoms with van der Waals surface area (Å²) in [6.45, 7) is 8.40. The number of oxime groups is 1. The Bertz CT molecular complexity index is 1010. The Morgan fingerprint density at radius 3 is 2.70 bits per heavy atom. The summed E-state index contributed by atoms with van der Waals surface area (Å²) in [4.78, 5) is 36.5. The average Bonchev–Trinajstić information content (AvgIpc) is 2.68. The zero-order valence-electron chi connectivity index (χ0n) is 17.9. The van der Waals surface area contributed by atoms with Crippen molar-refractivity contribution in [2.75, 3.05) is 0 Å². The van der Waals surface area contributed by atoms with Gasteiger partial charge in [0.15, 0.2) is 0 Å². The van der Waals surface area contributed by atoms with Crippen LogP contribution in [0.3, 0.4) is 0 Å². The van der Waals surface area contributed by atoms with E-state index in [2.05, 4.69) is 35.9 Å². The lowest BCUT2D eigenvalue weighted by Crippen LogP contribution is -2.22. The highest BCUT2D eigenvalue weighted by atomic mass is 32.2. The van der Waals surface area contributed by atoms with Gasteiger partial charge in [0.2, 0.25) is 5.71 Å². The van der Waals surface area contributed by atoms with Gasteiger partial charge in [0.1, 0.15) is 5.39 Å². The van der Waals surface area contributed by atoms with Crippen LogP contribution >= 0.6 is 12.0 Å². The van der Waals surface area contributed by atoms with E-state index in [1.54, 1.807) is 0 Å². The summed E-state index contributed by atoms with van der Waals surface area (Å²) in [7, 11) is 0. The zero-order chi connectivity index (χ0) is 21.7. The minimum Gasteiger partial charge on any atom is -0.403 e. The number of fused-ring (bicyclic) bond motifs is 1. The maximum Gasteiger partial charge on any atom is 0.337 e. The van der Waals surface area contributed by atoms with Gasteiger partial charge in [0, 0.05) is 10.8 Å². The Balaban J connectivity index is 1.68. The number of unbranched alkanes of at least 4 members (excludes halogenated alkanes) is 1. The highest BCUT2D eigenvalue weighted by molar-refractivity contribution is 7.96. The molecule has 2 aromatic heterocycles. The molecular weight excluding hydrogens is 406 g/mol. The minimum atomic E-state index is -0.532. The van der Waals surface area contributed by atoms with Crippen LogP contribution in [0.25, 0.3) is 11.1 Å². The summed E-state index contributed by atoms with van der Waals surface area (Å²) in [5.74, 6) is 0. The third-order valence-electron chi connectivity index (χ3n) is 4.68. The van der Waals surface area contributed by atoms with Crippen molar-refractivity contribution in [2.45, 2.75) is 83.5 Å². The number of aryl methyl sites for hydroxylation is 1. The van der Waals surface area contributed by atoms with Crippen LogP contribution < -0.4 is 16.0 Å². The Kier molecular flexibility index (Phi) is 7.36. The molecule has 0 atom stereocenters. The smallest absolute Gasteiger partial charge is 0.337 e. The van der Waals surface area contributed by atoms with Crippen molar-refractivity contribution in [2.24, 2.45) is 5.16 Å². The van der Waals surface area contributed by atoms with Crippen molar-refractivity contribution in [3.8, 4) is 6.01 Å². The molecule has 0 spiro atoms. The summed E-state index contributed by atoms with van der Waals surface area (Å²) < 4.78 is 11.1. The lowest BCUT2D eigenvalue weighted by atomic mass is 9.96. The molecule has 2 aromatic rings. The van der Waals surface area contributed by atoms with E-state index in [0.29, 0.717) is 12.0 Å². The quantitative estimate of drug-likeness (QED) is 0.508. The molecule has 1 aliphatic carbocycles. The predicted octanol–water partition coefficient (Wildman–Crippen LogP) is 4.36. The van der Waals surface area contributed by atoms with Crippen LogP contribution in [0.2, 0.25) is 0 Å². The molecule has 0 aromatic carbocycles. The second-order valence-electron chi connectivity index (χ2n) is 8.49. The molecular formula is C21H29N3O5S. The topological polar surface area (TPSA) is 107 Å². The SMILES string of the molecule is CCCCc1cc(=O)oc2nc(ON=C3CCC(OSC(C)(C)C)CC3)[nH]c(=O)c12. The molecule has 0 aliphatic heterocycles. The van der Waals surface area contributed by atoms with E-state index in [-0.39, 0.29) is 28.0 Å². The van der Waals surface area contributed by atoms with Gasteiger partial charge in [-0.05, 0) is 76.9 Å². The number of hydrogen-bond acceptors (Lipinski definition) is 8. The van der Waals surface area contributed by atoms with Crippen LogP contribution in [-0.4, -0.2) is 26.5 Å². The molecule has 0 radical (unpaired) electrons. The van der Waals surface area contributed by atoms with Crippen LogP contribution in [0.1, 0.15) is 71.8 Å². The molecule has 8 nitrogen and oxygen atoms in total. The first-order chi connectivity index (χ1) is 14.2. The second kappa shape index (κ2) is 9.78. The first-order valence-electron chi connectivity index (χ1n) is 10.4. The molecule has 1 aliphatic rings. The zero-order valence-corrected chi connectivity index (χ0v) is 18.8. The number of H-pyrrole nitrogens is 1. The molecule has 3 rings (SSSR count). The molecule has 2 heterocycles. The van der Waals surface area contributed by atoms with E-state index in [4.69, 9.17) is 13.4 Å². The van der Waals surface area contributed by atoms with Crippen LogP contribution in [0, 0.1) is 0 Å². The third kappa shape index (κ3) is 6.18. The Labute approximate surface area is 179 Å². The molecule has 0 bridgehead atoms. The van der Waals surface area contributed by atoms with E-state index in [1.165, 1.54) is 18.1 Å². The second-order valence-corrected chi connectivity index (χ2v) is 10.1. The van der Waals surface area contributed by atoms with Crippen molar-refractivity contribution in [3.63, 3.8) is 0 Å². The van der Waals surface area contributed by atoms with Crippen molar-refractivity contribution < 1.29 is 13.4 Å². The number of nitrogens with zero attached hydrogens (tertiary/aromatic N) is 2. The summed E-state index contributed by atoms with van der Waals surface area (Å²) in [5.41, 5.74) is 0.568. The van der Waals surface area contributed by atoms with E-state index in [0.717, 1.165) is 44.2 Å². The molecule has 164 valence electrons. The van der Waals surface area contributed by atoms with Gasteiger partial charge in [-0.3, -0.25) is 9.78 Å². The van der Waals surface area contributed by atoms with Crippen molar-refractivity contribution in [3.05, 3.63) is 32.4 Å². The standard InChI is InChI=1S/C21H29N3O5S/c1-5-6-7-13-12-16(25)27-19-17(13)18(26)22-20(23-19)28-24-14-8-10-15(11-9-14)29-30-21(2,3)4/h12,15H,5-11H2,1-4H3,(H,22,23,26). The Morgan fingerprint density at radius 2 is 2.03 bits per heavy atom. The molecule has 1 saturated carbocycles. The third-order valence-corrected chi connectivity index (χ3v) is 5.55. The molecule has 1 N–H and O–H groups in total. The molecule has 30 heavy (non-hydrogen) atoms. The van der Waals surface area contributed by atoms with Crippen LogP contribution in [0.4, 0.5) is 0 Å². The van der Waals surface area contributed by atoms with Gasteiger partial charge in [-0.15, -0.1) is 0 Å². The number of aromatic amines is 1. The largest absolute Gasteiger partial charge is 0.403 e. The summed E-state index contributed by atoms with van der Waals surface area (Å²) >= 11 is 1.50. The average molecular weight is 436 g/mol. The molecule has 0 unspecified atom stereocenters. The fraction of sp³-hybridized carbons (Fsp3) is 0.619. The van der Waals surface area contributed by atoms with Crippen molar-refractivity contribution in [1.82, 2.24) is 9.97 Å². The number of nitrogens with one attached hydrogen (secondary N) is 1. The van der Waals surface area contributed by atoms with E-state index in [9.17, 15) is 9.59 Å². The number of rotatable bonds is 7. The summed E-state index contributed by atoms with van der Waals surface area (Å²) in [5, 5.41) is 4.43. The first kappa shape index (κ1) is 22.6. The summed E-state index contributed by atoms with van der Waals surface area (Å²) in [6, 6.07) is 1.27. The van der Waals surface area contributed by atoms with Gasteiger partial charge in [0.25, 0.3) is 5.56 Å². The van der Waals surface area contributed by atoms with E-state index < -0.39 is 11.2 Å². The van der Waals surface area contributed by atoms with Gasteiger partial charge in [-0.1, -0.05) is 18.5 Å². The lowest BCUT2D eigenvalue weighted by Gasteiger charge is -2.25. The predicted molar refractivity (Wildman–Crippen MR) is 118 cm³/mol. The maximum absolute atomic E-state index is 12.5. The summed E-state index contributed by atoms with van der Waals surface area (Å²) in [6.07, 6.45) is 5.86.